The molecule has 1 atom stereocenters. The van der Waals surface area contributed by atoms with Crippen LogP contribution in [0.3, 0.4) is 0 Å². The molecule has 0 fully saturated rings. The summed E-state index contributed by atoms with van der Waals surface area (Å²) < 4.78 is 10.7. The lowest BCUT2D eigenvalue weighted by molar-refractivity contribution is 0.170. The lowest BCUT2D eigenvalue weighted by atomic mass is 10.1. The highest BCUT2D eigenvalue weighted by molar-refractivity contribution is 5.26. The number of nitrogens with one attached hydrogen (secondary N) is 1. The number of methoxy groups -OCH3 is 1. The molecule has 1 aromatic heterocycles. The largest absolute Gasteiger partial charge is 0.492 e. The normalized spacial score (nSPS) is 12.4. The average Bonchev–Trinajstić information content (AvgIpc) is 2.33. The van der Waals surface area contributed by atoms with Crippen molar-refractivity contribution in [1.82, 2.24) is 10.3 Å². The SMILES string of the molecule is CCCOc1cncc(C(COC)NC)c1. The fraction of sp³-hybridized carbons (Fsp3) is 0.583. The second-order valence-electron chi connectivity index (χ2n) is 3.60. The summed E-state index contributed by atoms with van der Waals surface area (Å²) in [6, 6.07) is 2.16. The summed E-state index contributed by atoms with van der Waals surface area (Å²) in [5.41, 5.74) is 1.08. The van der Waals surface area contributed by atoms with Gasteiger partial charge in [-0.05, 0) is 25.1 Å². The number of ether oxygens (including phenoxy) is 2. The van der Waals surface area contributed by atoms with Crippen LogP contribution in [0.25, 0.3) is 0 Å². The van der Waals surface area contributed by atoms with E-state index < -0.39 is 0 Å². The van der Waals surface area contributed by atoms with E-state index in [0.717, 1.165) is 24.3 Å². The van der Waals surface area contributed by atoms with Gasteiger partial charge in [-0.2, -0.15) is 0 Å². The van der Waals surface area contributed by atoms with Gasteiger partial charge in [-0.15, -0.1) is 0 Å². The molecule has 4 heteroatoms. The van der Waals surface area contributed by atoms with E-state index in [4.69, 9.17) is 9.47 Å². The van der Waals surface area contributed by atoms with Gasteiger partial charge in [0.15, 0.2) is 0 Å². The molecular weight excluding hydrogens is 204 g/mol. The molecule has 1 heterocycles. The van der Waals surface area contributed by atoms with Crippen LogP contribution in [0.4, 0.5) is 0 Å². The van der Waals surface area contributed by atoms with E-state index in [1.165, 1.54) is 0 Å². The van der Waals surface area contributed by atoms with Gasteiger partial charge in [0.2, 0.25) is 0 Å². The molecule has 0 aliphatic carbocycles. The van der Waals surface area contributed by atoms with Crippen LogP contribution in [0, 0.1) is 0 Å². The highest BCUT2D eigenvalue weighted by Crippen LogP contribution is 2.17. The third-order valence-electron chi connectivity index (χ3n) is 2.29. The van der Waals surface area contributed by atoms with Crippen LogP contribution in [0.2, 0.25) is 0 Å². The van der Waals surface area contributed by atoms with E-state index in [1.54, 1.807) is 13.3 Å². The van der Waals surface area contributed by atoms with Crippen molar-refractivity contribution in [2.24, 2.45) is 0 Å². The van der Waals surface area contributed by atoms with Crippen LogP contribution in [-0.2, 0) is 4.74 Å². The predicted octanol–water partition coefficient (Wildman–Crippen LogP) is 1.78. The lowest BCUT2D eigenvalue weighted by Crippen LogP contribution is -2.21. The van der Waals surface area contributed by atoms with E-state index in [9.17, 15) is 0 Å². The standard InChI is InChI=1S/C12H20N2O2/c1-4-5-16-11-6-10(7-14-8-11)12(13-2)9-15-3/h6-8,12-13H,4-5,9H2,1-3H3. The molecule has 16 heavy (non-hydrogen) atoms. The minimum absolute atomic E-state index is 0.155. The van der Waals surface area contributed by atoms with Crippen LogP contribution in [0.15, 0.2) is 18.5 Å². The number of likely N-dealkylation sites (N-methyl/N-ethyl adjacent to an activating group) is 1. The van der Waals surface area contributed by atoms with Gasteiger partial charge in [-0.3, -0.25) is 4.98 Å². The Balaban J connectivity index is 2.71. The van der Waals surface area contributed by atoms with E-state index in [1.807, 2.05) is 19.3 Å². The Bertz CT molecular complexity index is 305. The summed E-state index contributed by atoms with van der Waals surface area (Å²) in [5, 5.41) is 3.18. The Hall–Kier alpha value is -1.13. The Kier molecular flexibility index (Phi) is 5.82. The van der Waals surface area contributed by atoms with Crippen LogP contribution < -0.4 is 10.1 Å². The second kappa shape index (κ2) is 7.19. The molecular formula is C12H20N2O2. The number of pyridine rings is 1. The molecule has 0 aliphatic heterocycles. The van der Waals surface area contributed by atoms with Crippen molar-refractivity contribution in [3.05, 3.63) is 24.0 Å². The molecule has 1 rings (SSSR count). The zero-order valence-corrected chi connectivity index (χ0v) is 10.2. The first-order chi connectivity index (χ1) is 7.81. The Labute approximate surface area is 97.0 Å². The van der Waals surface area contributed by atoms with Gasteiger partial charge in [0.05, 0.1) is 25.5 Å². The molecule has 0 aliphatic rings. The first-order valence-corrected chi connectivity index (χ1v) is 5.55. The van der Waals surface area contributed by atoms with E-state index in [2.05, 4.69) is 17.2 Å². The van der Waals surface area contributed by atoms with Crippen molar-refractivity contribution in [3.63, 3.8) is 0 Å². The van der Waals surface area contributed by atoms with Crippen molar-refractivity contribution < 1.29 is 9.47 Å². The van der Waals surface area contributed by atoms with Gasteiger partial charge in [0, 0.05) is 13.3 Å². The monoisotopic (exact) mass is 224 g/mol. The fourth-order valence-electron chi connectivity index (χ4n) is 1.44. The second-order valence-corrected chi connectivity index (χ2v) is 3.60. The Morgan fingerprint density at radius 3 is 2.88 bits per heavy atom. The summed E-state index contributed by atoms with van der Waals surface area (Å²) in [6.45, 7) is 3.42. The first kappa shape index (κ1) is 12.9. The molecule has 0 aromatic carbocycles. The van der Waals surface area contributed by atoms with E-state index in [-0.39, 0.29) is 6.04 Å². The van der Waals surface area contributed by atoms with Gasteiger partial charge in [-0.25, -0.2) is 0 Å². The maximum absolute atomic E-state index is 5.54. The van der Waals surface area contributed by atoms with E-state index >= 15 is 0 Å². The van der Waals surface area contributed by atoms with Gasteiger partial charge in [0.25, 0.3) is 0 Å². The van der Waals surface area contributed by atoms with Gasteiger partial charge in [0.1, 0.15) is 5.75 Å². The maximum atomic E-state index is 5.54. The zero-order chi connectivity index (χ0) is 11.8. The minimum Gasteiger partial charge on any atom is -0.492 e. The van der Waals surface area contributed by atoms with Crippen molar-refractivity contribution >= 4 is 0 Å². The third kappa shape index (κ3) is 3.79. The molecule has 4 nitrogen and oxygen atoms in total. The molecule has 90 valence electrons. The lowest BCUT2D eigenvalue weighted by Gasteiger charge is -2.16. The summed E-state index contributed by atoms with van der Waals surface area (Å²) in [4.78, 5) is 4.17. The smallest absolute Gasteiger partial charge is 0.137 e. The van der Waals surface area contributed by atoms with Crippen molar-refractivity contribution in [2.45, 2.75) is 19.4 Å². The van der Waals surface area contributed by atoms with Crippen LogP contribution in [0.5, 0.6) is 5.75 Å². The summed E-state index contributed by atoms with van der Waals surface area (Å²) in [5.74, 6) is 0.815. The van der Waals surface area contributed by atoms with Gasteiger partial charge >= 0.3 is 0 Å². The molecule has 1 aromatic rings. The third-order valence-corrected chi connectivity index (χ3v) is 2.29. The quantitative estimate of drug-likeness (QED) is 0.766. The summed E-state index contributed by atoms with van der Waals surface area (Å²) in [7, 11) is 3.60. The molecule has 0 amide bonds. The molecule has 0 radical (unpaired) electrons. The highest BCUT2D eigenvalue weighted by Gasteiger charge is 2.09. The zero-order valence-electron chi connectivity index (χ0n) is 10.2. The van der Waals surface area contributed by atoms with Crippen molar-refractivity contribution in [3.8, 4) is 5.75 Å². The van der Waals surface area contributed by atoms with Crippen LogP contribution >= 0.6 is 0 Å². The van der Waals surface area contributed by atoms with Gasteiger partial charge in [-0.1, -0.05) is 6.92 Å². The maximum Gasteiger partial charge on any atom is 0.137 e. The van der Waals surface area contributed by atoms with Crippen molar-refractivity contribution in [2.75, 3.05) is 27.4 Å². The number of rotatable bonds is 7. The van der Waals surface area contributed by atoms with Crippen LogP contribution in [0.1, 0.15) is 24.9 Å². The van der Waals surface area contributed by atoms with Crippen LogP contribution in [-0.4, -0.2) is 32.4 Å². The van der Waals surface area contributed by atoms with Gasteiger partial charge < -0.3 is 14.8 Å². The molecule has 0 saturated carbocycles. The highest BCUT2D eigenvalue weighted by atomic mass is 16.5. The molecule has 0 spiro atoms. The Morgan fingerprint density at radius 2 is 2.25 bits per heavy atom. The fourth-order valence-corrected chi connectivity index (χ4v) is 1.44. The minimum atomic E-state index is 0.155. The molecule has 1 N–H and O–H groups in total. The number of hydrogen-bond acceptors (Lipinski definition) is 4. The Morgan fingerprint density at radius 1 is 1.44 bits per heavy atom. The predicted molar refractivity (Wildman–Crippen MR) is 63.7 cm³/mol. The average molecular weight is 224 g/mol. The molecule has 1 unspecified atom stereocenters. The summed E-state index contributed by atoms with van der Waals surface area (Å²) in [6.07, 6.45) is 4.56. The topological polar surface area (TPSA) is 43.4 Å². The van der Waals surface area contributed by atoms with E-state index in [0.29, 0.717) is 6.61 Å². The number of aromatic nitrogens is 1. The summed E-state index contributed by atoms with van der Waals surface area (Å²) >= 11 is 0. The number of nitrogens with zero attached hydrogens (tertiary/aromatic N) is 1. The number of hydrogen-bond donors (Lipinski definition) is 1. The molecule has 0 saturated heterocycles. The first-order valence-electron chi connectivity index (χ1n) is 5.55. The molecule has 0 bridgehead atoms. The van der Waals surface area contributed by atoms with Crippen molar-refractivity contribution in [1.29, 1.82) is 0 Å².